The molecule has 1 aliphatic heterocycles. The Morgan fingerprint density at radius 1 is 1.29 bits per heavy atom. The molecule has 5 rings (SSSR count). The maximum absolute atomic E-state index is 13.8. The monoisotopic (exact) mass is 495 g/mol. The van der Waals surface area contributed by atoms with E-state index >= 15 is 0 Å². The van der Waals surface area contributed by atoms with Crippen molar-refractivity contribution in [1.82, 2.24) is 35.4 Å². The summed E-state index contributed by atoms with van der Waals surface area (Å²) < 4.78 is 1.50. The first kappa shape index (κ1) is 23.4. The fraction of sp³-hybridized carbons (Fsp3) is 0.417. The molecule has 2 amide bonds. The van der Waals surface area contributed by atoms with E-state index in [9.17, 15) is 14.7 Å². The molecule has 35 heavy (non-hydrogen) atoms. The summed E-state index contributed by atoms with van der Waals surface area (Å²) in [5.74, 6) is -0.718. The molecular formula is C24H26ClN7O3. The van der Waals surface area contributed by atoms with Crippen LogP contribution in [0, 0.1) is 0 Å². The van der Waals surface area contributed by atoms with Gasteiger partial charge in [0.1, 0.15) is 12.4 Å². The number of hydrogen-bond donors (Lipinski definition) is 2. The highest BCUT2D eigenvalue weighted by Crippen LogP contribution is 2.39. The molecule has 1 saturated heterocycles. The van der Waals surface area contributed by atoms with Gasteiger partial charge in [0.05, 0.1) is 5.69 Å². The third-order valence-electron chi connectivity index (χ3n) is 6.94. The predicted molar refractivity (Wildman–Crippen MR) is 126 cm³/mol. The molecule has 182 valence electrons. The number of tetrazole rings is 1. The first-order valence-electron chi connectivity index (χ1n) is 11.7. The van der Waals surface area contributed by atoms with Gasteiger partial charge in [0, 0.05) is 35.1 Å². The summed E-state index contributed by atoms with van der Waals surface area (Å²) >= 11 is 6.19. The minimum absolute atomic E-state index is 0.174. The van der Waals surface area contributed by atoms with Gasteiger partial charge in [-0.25, -0.2) is 4.68 Å². The molecule has 11 heteroatoms. The topological polar surface area (TPSA) is 126 Å². The van der Waals surface area contributed by atoms with E-state index in [1.165, 1.54) is 11.0 Å². The molecular weight excluding hydrogens is 470 g/mol. The fourth-order valence-electron chi connectivity index (χ4n) is 5.17. The molecule has 10 nitrogen and oxygen atoms in total. The van der Waals surface area contributed by atoms with Crippen molar-refractivity contribution in [1.29, 1.82) is 0 Å². The highest BCUT2D eigenvalue weighted by molar-refractivity contribution is 6.30. The molecule has 3 aromatic rings. The number of nitrogens with zero attached hydrogens (tertiary/aromatic N) is 6. The van der Waals surface area contributed by atoms with Gasteiger partial charge in [-0.15, -0.1) is 5.10 Å². The number of fused-ring (bicyclic) bond motifs is 1. The lowest BCUT2D eigenvalue weighted by Crippen LogP contribution is -2.55. The number of aliphatic hydroxyl groups is 1. The smallest absolute Gasteiger partial charge is 0.260 e. The summed E-state index contributed by atoms with van der Waals surface area (Å²) in [4.78, 5) is 33.0. The fourth-order valence-corrected chi connectivity index (χ4v) is 5.37. The third kappa shape index (κ3) is 4.28. The van der Waals surface area contributed by atoms with E-state index in [-0.39, 0.29) is 18.5 Å². The average Bonchev–Trinajstić information content (AvgIpc) is 3.52. The number of rotatable bonds is 5. The SMILES string of the molecule is C[C@@H]1CC[C@@H](C(=O)NCc2cc(Cl)ccc2-n2cnnn2)N1C(=O)C1(O)CCCc2ncccc21. The number of pyridine rings is 1. The quantitative estimate of drug-likeness (QED) is 0.553. The minimum atomic E-state index is -1.68. The lowest BCUT2D eigenvalue weighted by molar-refractivity contribution is -0.159. The Balaban J connectivity index is 1.36. The van der Waals surface area contributed by atoms with Crippen molar-refractivity contribution in [3.63, 3.8) is 0 Å². The molecule has 2 aromatic heterocycles. The standard InChI is InChI=1S/C24H26ClN7O3/c1-15-6-8-21(32(15)23(34)24(35)10-2-5-19-18(24)4-3-11-26-19)22(33)27-13-16-12-17(25)7-9-20(16)31-14-28-29-30-31/h3-4,7,9,11-12,14-15,21,35H,2,5-6,8,10,13H2,1H3,(H,27,33)/t15-,21+,24?/m1/s1. The molecule has 1 fully saturated rings. The van der Waals surface area contributed by atoms with Gasteiger partial charge in [0.2, 0.25) is 5.91 Å². The summed E-state index contributed by atoms with van der Waals surface area (Å²) in [5.41, 5.74) is 1.01. The van der Waals surface area contributed by atoms with Gasteiger partial charge in [-0.3, -0.25) is 14.6 Å². The third-order valence-corrected chi connectivity index (χ3v) is 7.17. The summed E-state index contributed by atoms with van der Waals surface area (Å²) in [5, 5.41) is 26.3. The molecule has 0 bridgehead atoms. The van der Waals surface area contributed by atoms with Crippen LogP contribution >= 0.6 is 11.6 Å². The summed E-state index contributed by atoms with van der Waals surface area (Å²) in [6.45, 7) is 2.09. The van der Waals surface area contributed by atoms with Crippen molar-refractivity contribution in [2.75, 3.05) is 0 Å². The summed E-state index contributed by atoms with van der Waals surface area (Å²) in [6.07, 6.45) is 6.00. The van der Waals surface area contributed by atoms with Crippen molar-refractivity contribution in [2.24, 2.45) is 0 Å². The van der Waals surface area contributed by atoms with E-state index < -0.39 is 17.6 Å². The number of likely N-dealkylation sites (tertiary alicyclic amines) is 1. The van der Waals surface area contributed by atoms with Crippen molar-refractivity contribution >= 4 is 23.4 Å². The van der Waals surface area contributed by atoms with E-state index in [0.717, 1.165) is 11.3 Å². The summed E-state index contributed by atoms with van der Waals surface area (Å²) in [6, 6.07) is 7.88. The van der Waals surface area contributed by atoms with Gasteiger partial charge in [0.15, 0.2) is 5.60 Å². The zero-order valence-corrected chi connectivity index (χ0v) is 20.0. The predicted octanol–water partition coefficient (Wildman–Crippen LogP) is 1.93. The van der Waals surface area contributed by atoms with Crippen LogP contribution in [0.25, 0.3) is 5.69 Å². The van der Waals surface area contributed by atoms with Crippen LogP contribution in [0.3, 0.4) is 0 Å². The Labute approximate surface area is 207 Å². The molecule has 1 unspecified atom stereocenters. The van der Waals surface area contributed by atoms with Crippen LogP contribution in [-0.2, 0) is 28.2 Å². The normalized spacial score (nSPS) is 23.7. The van der Waals surface area contributed by atoms with Gasteiger partial charge >= 0.3 is 0 Å². The molecule has 1 aromatic carbocycles. The Kier molecular flexibility index (Phi) is 6.24. The van der Waals surface area contributed by atoms with Crippen LogP contribution in [0.15, 0.2) is 42.9 Å². The molecule has 1 aliphatic carbocycles. The van der Waals surface area contributed by atoms with Crippen molar-refractivity contribution in [2.45, 2.75) is 63.3 Å². The van der Waals surface area contributed by atoms with Crippen LogP contribution in [0.5, 0.6) is 0 Å². The lowest BCUT2D eigenvalue weighted by atomic mass is 9.80. The van der Waals surface area contributed by atoms with Gasteiger partial charge in [-0.05, 0) is 79.3 Å². The van der Waals surface area contributed by atoms with Crippen LogP contribution in [0.2, 0.25) is 5.02 Å². The van der Waals surface area contributed by atoms with E-state index in [1.54, 1.807) is 41.4 Å². The molecule has 3 atom stereocenters. The second-order valence-electron chi connectivity index (χ2n) is 9.11. The van der Waals surface area contributed by atoms with Gasteiger partial charge < -0.3 is 15.3 Å². The highest BCUT2D eigenvalue weighted by atomic mass is 35.5. The van der Waals surface area contributed by atoms with E-state index in [2.05, 4.69) is 25.8 Å². The van der Waals surface area contributed by atoms with Crippen molar-refractivity contribution in [3.05, 3.63) is 64.7 Å². The maximum Gasteiger partial charge on any atom is 0.260 e. The number of carbonyl (C=O) groups excluding carboxylic acids is 2. The van der Waals surface area contributed by atoms with Crippen LogP contribution in [0.4, 0.5) is 0 Å². The number of hydrogen-bond acceptors (Lipinski definition) is 7. The van der Waals surface area contributed by atoms with Crippen LogP contribution in [0.1, 0.15) is 49.4 Å². The molecule has 3 heterocycles. The number of aromatic nitrogens is 5. The number of halogens is 1. The number of benzene rings is 1. The van der Waals surface area contributed by atoms with Crippen molar-refractivity contribution in [3.8, 4) is 5.69 Å². The molecule has 0 radical (unpaired) electrons. The zero-order chi connectivity index (χ0) is 24.6. The van der Waals surface area contributed by atoms with Gasteiger partial charge in [0.25, 0.3) is 5.91 Å². The van der Waals surface area contributed by atoms with E-state index in [1.807, 2.05) is 6.92 Å². The second-order valence-corrected chi connectivity index (χ2v) is 9.55. The number of amides is 2. The van der Waals surface area contributed by atoms with Crippen molar-refractivity contribution < 1.29 is 14.7 Å². The number of aryl methyl sites for hydroxylation is 1. The molecule has 2 aliphatic rings. The lowest BCUT2D eigenvalue weighted by Gasteiger charge is -2.39. The van der Waals surface area contributed by atoms with E-state index in [4.69, 9.17) is 11.6 Å². The first-order valence-corrected chi connectivity index (χ1v) is 12.1. The maximum atomic E-state index is 13.8. The minimum Gasteiger partial charge on any atom is -0.375 e. The largest absolute Gasteiger partial charge is 0.375 e. The molecule has 0 saturated carbocycles. The molecule has 2 N–H and O–H groups in total. The molecule has 0 spiro atoms. The Morgan fingerprint density at radius 2 is 2.14 bits per heavy atom. The Bertz CT molecular complexity index is 1250. The Hall–Kier alpha value is -3.37. The Morgan fingerprint density at radius 3 is 2.94 bits per heavy atom. The average molecular weight is 496 g/mol. The van der Waals surface area contributed by atoms with E-state index in [0.29, 0.717) is 48.4 Å². The number of nitrogens with one attached hydrogen (secondary N) is 1. The second kappa shape index (κ2) is 9.35. The van der Waals surface area contributed by atoms with Gasteiger partial charge in [-0.1, -0.05) is 17.7 Å². The first-order chi connectivity index (χ1) is 16.9. The van der Waals surface area contributed by atoms with Crippen LogP contribution < -0.4 is 5.32 Å². The number of carbonyl (C=O) groups is 2. The van der Waals surface area contributed by atoms with Gasteiger partial charge in [-0.2, -0.15) is 0 Å². The zero-order valence-electron chi connectivity index (χ0n) is 19.3. The summed E-state index contributed by atoms with van der Waals surface area (Å²) in [7, 11) is 0. The van der Waals surface area contributed by atoms with Crippen LogP contribution in [-0.4, -0.2) is 59.1 Å². The highest BCUT2D eigenvalue weighted by Gasteiger charge is 2.50.